The highest BCUT2D eigenvalue weighted by Crippen LogP contribution is 2.22. The lowest BCUT2D eigenvalue weighted by Gasteiger charge is -2.11. The maximum absolute atomic E-state index is 11.0. The molecule has 0 aromatic carbocycles. The molecule has 1 rings (SSSR count). The molecule has 0 heterocycles. The average molecular weight is 163 g/mol. The van der Waals surface area contributed by atoms with E-state index in [4.69, 9.17) is 5.73 Å². The van der Waals surface area contributed by atoms with Gasteiger partial charge in [0.15, 0.2) is 9.84 Å². The summed E-state index contributed by atoms with van der Waals surface area (Å²) in [4.78, 5) is 0. The highest BCUT2D eigenvalue weighted by Gasteiger charge is 2.31. The molecule has 0 bridgehead atoms. The average Bonchev–Trinajstić information content (AvgIpc) is 2.11. The maximum Gasteiger partial charge on any atom is 0.151 e. The van der Waals surface area contributed by atoms with Gasteiger partial charge in [-0.1, -0.05) is 6.42 Å². The fourth-order valence-corrected chi connectivity index (χ4v) is 2.85. The van der Waals surface area contributed by atoms with Crippen molar-refractivity contribution in [2.75, 3.05) is 6.26 Å². The summed E-state index contributed by atoms with van der Waals surface area (Å²) in [6, 6.07) is -0.116. The fourth-order valence-electron chi connectivity index (χ4n) is 1.49. The molecule has 10 heavy (non-hydrogen) atoms. The second kappa shape index (κ2) is 2.51. The van der Waals surface area contributed by atoms with Crippen molar-refractivity contribution in [3.05, 3.63) is 0 Å². The highest BCUT2D eigenvalue weighted by atomic mass is 32.2. The van der Waals surface area contributed by atoms with E-state index in [9.17, 15) is 8.42 Å². The first-order valence-corrected chi connectivity index (χ1v) is 5.42. The monoisotopic (exact) mass is 163 g/mol. The van der Waals surface area contributed by atoms with E-state index < -0.39 is 9.84 Å². The van der Waals surface area contributed by atoms with Gasteiger partial charge in [0, 0.05) is 12.3 Å². The molecule has 4 heteroatoms. The molecule has 0 saturated heterocycles. The zero-order chi connectivity index (χ0) is 7.78. The van der Waals surface area contributed by atoms with Gasteiger partial charge in [-0.2, -0.15) is 0 Å². The topological polar surface area (TPSA) is 60.2 Å². The van der Waals surface area contributed by atoms with Gasteiger partial charge in [0.25, 0.3) is 0 Å². The van der Waals surface area contributed by atoms with E-state index in [1.54, 1.807) is 0 Å². The second-order valence-electron chi connectivity index (χ2n) is 2.96. The van der Waals surface area contributed by atoms with Crippen LogP contribution in [-0.2, 0) is 9.84 Å². The summed E-state index contributed by atoms with van der Waals surface area (Å²) in [6.07, 6.45) is 3.83. The molecule has 2 atom stereocenters. The van der Waals surface area contributed by atoms with Crippen molar-refractivity contribution in [1.29, 1.82) is 0 Å². The SMILES string of the molecule is CS(=O)(=O)[C@H]1CCC[C@H]1N. The predicted molar refractivity (Wildman–Crippen MR) is 40.5 cm³/mol. The van der Waals surface area contributed by atoms with Crippen molar-refractivity contribution in [2.24, 2.45) is 5.73 Å². The van der Waals surface area contributed by atoms with E-state index in [0.717, 1.165) is 19.3 Å². The van der Waals surface area contributed by atoms with Crippen LogP contribution in [0.4, 0.5) is 0 Å². The van der Waals surface area contributed by atoms with Crippen molar-refractivity contribution in [3.8, 4) is 0 Å². The van der Waals surface area contributed by atoms with Gasteiger partial charge in [-0.15, -0.1) is 0 Å². The Hall–Kier alpha value is -0.0900. The lowest BCUT2D eigenvalue weighted by Crippen LogP contribution is -2.34. The van der Waals surface area contributed by atoms with Crippen LogP contribution in [-0.4, -0.2) is 26.0 Å². The third-order valence-corrected chi connectivity index (χ3v) is 3.74. The minimum atomic E-state index is -2.88. The van der Waals surface area contributed by atoms with Crippen molar-refractivity contribution in [2.45, 2.75) is 30.6 Å². The van der Waals surface area contributed by atoms with Gasteiger partial charge in [0.1, 0.15) is 0 Å². The van der Waals surface area contributed by atoms with Crippen LogP contribution in [0.3, 0.4) is 0 Å². The Kier molecular flexibility index (Phi) is 2.01. The van der Waals surface area contributed by atoms with E-state index >= 15 is 0 Å². The Morgan fingerprint density at radius 3 is 2.20 bits per heavy atom. The summed E-state index contributed by atoms with van der Waals surface area (Å²) in [7, 11) is -2.88. The molecule has 1 saturated carbocycles. The highest BCUT2D eigenvalue weighted by molar-refractivity contribution is 7.91. The third kappa shape index (κ3) is 1.49. The summed E-state index contributed by atoms with van der Waals surface area (Å²) in [5.74, 6) is 0. The molecule has 1 aliphatic carbocycles. The lowest BCUT2D eigenvalue weighted by molar-refractivity contribution is 0.574. The van der Waals surface area contributed by atoms with Crippen molar-refractivity contribution < 1.29 is 8.42 Å². The third-order valence-electron chi connectivity index (χ3n) is 2.05. The molecule has 0 aromatic rings. The van der Waals surface area contributed by atoms with E-state index in [1.165, 1.54) is 6.26 Å². The summed E-state index contributed by atoms with van der Waals surface area (Å²) >= 11 is 0. The second-order valence-corrected chi connectivity index (χ2v) is 5.23. The molecule has 0 aliphatic heterocycles. The summed E-state index contributed by atoms with van der Waals surface area (Å²) in [5.41, 5.74) is 5.59. The van der Waals surface area contributed by atoms with E-state index in [-0.39, 0.29) is 11.3 Å². The number of hydrogen-bond donors (Lipinski definition) is 1. The lowest BCUT2D eigenvalue weighted by atomic mass is 10.3. The standard InChI is InChI=1S/C6H13NO2S/c1-10(8,9)6-4-2-3-5(6)7/h5-6H,2-4,7H2,1H3/t5-,6+/m1/s1. The van der Waals surface area contributed by atoms with Gasteiger partial charge < -0.3 is 5.73 Å². The van der Waals surface area contributed by atoms with E-state index in [2.05, 4.69) is 0 Å². The summed E-state index contributed by atoms with van der Waals surface area (Å²) < 4.78 is 21.9. The van der Waals surface area contributed by atoms with E-state index in [0.29, 0.717) is 0 Å². The van der Waals surface area contributed by atoms with Gasteiger partial charge in [-0.3, -0.25) is 0 Å². The minimum absolute atomic E-state index is 0.116. The fraction of sp³-hybridized carbons (Fsp3) is 1.00. The summed E-state index contributed by atoms with van der Waals surface area (Å²) in [5, 5.41) is -0.271. The predicted octanol–water partition coefficient (Wildman–Crippen LogP) is -0.0892. The van der Waals surface area contributed by atoms with Crippen LogP contribution >= 0.6 is 0 Å². The zero-order valence-corrected chi connectivity index (χ0v) is 6.89. The number of nitrogens with two attached hydrogens (primary N) is 1. The van der Waals surface area contributed by atoms with Crippen molar-refractivity contribution in [1.82, 2.24) is 0 Å². The molecule has 0 spiro atoms. The van der Waals surface area contributed by atoms with Gasteiger partial charge in [0.2, 0.25) is 0 Å². The molecule has 3 nitrogen and oxygen atoms in total. The number of rotatable bonds is 1. The minimum Gasteiger partial charge on any atom is -0.327 e. The summed E-state index contributed by atoms with van der Waals surface area (Å²) in [6.45, 7) is 0. The molecular formula is C6H13NO2S. The first-order valence-electron chi connectivity index (χ1n) is 3.46. The molecule has 0 amide bonds. The normalized spacial score (nSPS) is 34.6. The largest absolute Gasteiger partial charge is 0.327 e. The van der Waals surface area contributed by atoms with Crippen LogP contribution in [0.5, 0.6) is 0 Å². The van der Waals surface area contributed by atoms with Crippen molar-refractivity contribution >= 4 is 9.84 Å². The van der Waals surface area contributed by atoms with Crippen molar-refractivity contribution in [3.63, 3.8) is 0 Å². The molecular weight excluding hydrogens is 150 g/mol. The van der Waals surface area contributed by atoms with Gasteiger partial charge in [-0.25, -0.2) is 8.42 Å². The van der Waals surface area contributed by atoms with Crippen LogP contribution < -0.4 is 5.73 Å². The number of sulfone groups is 1. The molecule has 0 unspecified atom stereocenters. The smallest absolute Gasteiger partial charge is 0.151 e. The molecule has 1 aliphatic rings. The first kappa shape index (κ1) is 8.01. The Labute approximate surface area is 61.5 Å². The van der Waals surface area contributed by atoms with Crippen LogP contribution in [0.1, 0.15) is 19.3 Å². The number of hydrogen-bond acceptors (Lipinski definition) is 3. The Morgan fingerprint density at radius 1 is 1.40 bits per heavy atom. The maximum atomic E-state index is 11.0. The van der Waals surface area contributed by atoms with Gasteiger partial charge >= 0.3 is 0 Å². The molecule has 0 aromatic heterocycles. The zero-order valence-electron chi connectivity index (χ0n) is 6.08. The molecule has 2 N–H and O–H groups in total. The molecule has 1 fully saturated rings. The van der Waals surface area contributed by atoms with Crippen LogP contribution in [0, 0.1) is 0 Å². The van der Waals surface area contributed by atoms with Gasteiger partial charge in [-0.05, 0) is 12.8 Å². The first-order chi connectivity index (χ1) is 4.52. The molecule has 0 radical (unpaired) electrons. The Morgan fingerprint density at radius 2 is 2.00 bits per heavy atom. The Balaban J connectivity index is 2.74. The van der Waals surface area contributed by atoms with Crippen LogP contribution in [0.15, 0.2) is 0 Å². The quantitative estimate of drug-likeness (QED) is 0.587. The Bertz CT molecular complexity index is 210. The van der Waals surface area contributed by atoms with Crippen LogP contribution in [0.25, 0.3) is 0 Å². The molecule has 60 valence electrons. The van der Waals surface area contributed by atoms with Gasteiger partial charge in [0.05, 0.1) is 5.25 Å². The van der Waals surface area contributed by atoms with Crippen LogP contribution in [0.2, 0.25) is 0 Å². The van der Waals surface area contributed by atoms with E-state index in [1.807, 2.05) is 0 Å².